The molecule has 1 aliphatic rings. The zero-order valence-electron chi connectivity index (χ0n) is 20.3. The van der Waals surface area contributed by atoms with Gasteiger partial charge in [0.25, 0.3) is 7.83 Å². The molecule has 3 unspecified atom stereocenters. The number of rotatable bonds is 9. The Morgan fingerprint density at radius 2 is 1.63 bits per heavy atom. The van der Waals surface area contributed by atoms with E-state index in [1.807, 2.05) is 6.92 Å². The largest absolute Gasteiger partial charge is 0.478 e. The van der Waals surface area contributed by atoms with Crippen molar-refractivity contribution in [1.82, 2.24) is 0 Å². The number of hydrogen-bond acceptors (Lipinski definition) is 6. The normalized spacial score (nSPS) is 28.3. The Labute approximate surface area is 185 Å². The van der Waals surface area contributed by atoms with Crippen LogP contribution >= 0.6 is 0 Å². The van der Waals surface area contributed by atoms with Gasteiger partial charge >= 0.3 is 20.0 Å². The predicted molar refractivity (Wildman–Crippen MR) is 128 cm³/mol. The van der Waals surface area contributed by atoms with Crippen LogP contribution in [-0.4, -0.2) is 60.9 Å². The molecule has 11 heteroatoms. The van der Waals surface area contributed by atoms with E-state index >= 15 is 0 Å². The summed E-state index contributed by atoms with van der Waals surface area (Å²) in [4.78, 5) is 23.2. The first-order valence-electron chi connectivity index (χ1n) is 10.6. The molecule has 0 aromatic carbocycles. The highest BCUT2D eigenvalue weighted by Gasteiger charge is 2.69. The summed E-state index contributed by atoms with van der Waals surface area (Å²) in [6.45, 7) is 21.1. The molecule has 0 bridgehead atoms. The lowest BCUT2D eigenvalue weighted by Gasteiger charge is -2.57. The molecule has 7 nitrogen and oxygen atoms in total. The molecule has 0 aromatic rings. The SMILES string of the molecule is CCC(OC(=O)C=CC(=O)O)[Si]1(O[Si](C)(C)C)CCC(C)(C)O[Si]1(C)O[Si](C)(C)C. The van der Waals surface area contributed by atoms with E-state index in [0.29, 0.717) is 6.42 Å². The topological polar surface area (TPSA) is 91.3 Å². The third kappa shape index (κ3) is 7.53. The maximum absolute atomic E-state index is 12.4. The second-order valence-electron chi connectivity index (χ2n) is 10.6. The summed E-state index contributed by atoms with van der Waals surface area (Å²) >= 11 is 0. The van der Waals surface area contributed by atoms with Crippen molar-refractivity contribution in [2.75, 3.05) is 0 Å². The summed E-state index contributed by atoms with van der Waals surface area (Å²) in [6.07, 6.45) is 3.15. The Bertz CT molecular complexity index is 665. The van der Waals surface area contributed by atoms with Crippen molar-refractivity contribution in [3.8, 4) is 0 Å². The Hall–Kier alpha value is -0.572. The van der Waals surface area contributed by atoms with Crippen molar-refractivity contribution < 1.29 is 32.1 Å². The summed E-state index contributed by atoms with van der Waals surface area (Å²) in [7, 11) is -9.79. The van der Waals surface area contributed by atoms with Crippen molar-refractivity contribution in [1.29, 1.82) is 0 Å². The Balaban J connectivity index is 3.54. The molecule has 1 heterocycles. The van der Waals surface area contributed by atoms with Crippen LogP contribution in [0.3, 0.4) is 0 Å². The van der Waals surface area contributed by atoms with Gasteiger partial charge in [0.05, 0.1) is 5.60 Å². The second-order valence-corrected chi connectivity index (χ2v) is 31.0. The standard InChI is InChI=1S/C19H40O7Si4/c1-11-18(23-17(22)13-12-16(20)21)30(26-28(7,8)9)15-14-19(2,3)24-29(30,10)25-27(4,5)6/h12-13,18H,11,14-15H2,1-10H3,(H,20,21). The van der Waals surface area contributed by atoms with E-state index in [0.717, 1.165) is 24.6 Å². The Morgan fingerprint density at radius 3 is 2.07 bits per heavy atom. The first-order valence-corrected chi connectivity index (χ1v) is 22.9. The summed E-state index contributed by atoms with van der Waals surface area (Å²) in [5, 5.41) is 8.84. The molecule has 30 heavy (non-hydrogen) atoms. The number of aliphatic carboxylic acids is 1. The van der Waals surface area contributed by atoms with Gasteiger partial charge in [-0.2, -0.15) is 0 Å². The molecule has 1 fully saturated rings. The van der Waals surface area contributed by atoms with Crippen molar-refractivity contribution in [2.45, 2.75) is 96.8 Å². The van der Waals surface area contributed by atoms with Gasteiger partial charge in [0.1, 0.15) is 5.73 Å². The first kappa shape index (κ1) is 27.5. The summed E-state index contributed by atoms with van der Waals surface area (Å²) in [5.41, 5.74) is -0.787. The highest BCUT2D eigenvalue weighted by Crippen LogP contribution is 2.45. The molecule has 1 rings (SSSR count). The van der Waals surface area contributed by atoms with Crippen LogP contribution in [0.4, 0.5) is 0 Å². The van der Waals surface area contributed by atoms with Crippen molar-refractivity contribution in [3.05, 3.63) is 12.2 Å². The minimum absolute atomic E-state index is 0.328. The lowest BCUT2D eigenvalue weighted by molar-refractivity contribution is -0.141. The van der Waals surface area contributed by atoms with Gasteiger partial charge in [-0.15, -0.1) is 0 Å². The van der Waals surface area contributed by atoms with Crippen molar-refractivity contribution >= 4 is 44.5 Å². The zero-order valence-corrected chi connectivity index (χ0v) is 24.3. The molecule has 1 N–H and O–H groups in total. The van der Waals surface area contributed by atoms with Gasteiger partial charge < -0.3 is 22.5 Å². The highest BCUT2D eigenvalue weighted by atomic mass is 29.3. The fraction of sp³-hybridized carbons (Fsp3) is 0.789. The third-order valence-electron chi connectivity index (χ3n) is 4.84. The van der Waals surface area contributed by atoms with E-state index in [-0.39, 0.29) is 5.60 Å². The number of carbonyl (C=O) groups is 2. The van der Waals surface area contributed by atoms with Crippen LogP contribution in [0.15, 0.2) is 12.2 Å². The van der Waals surface area contributed by atoms with E-state index in [1.165, 1.54) is 0 Å². The van der Waals surface area contributed by atoms with Crippen LogP contribution in [0.5, 0.6) is 0 Å². The number of carboxylic acid groups (broad SMARTS) is 1. The zero-order chi connectivity index (χ0) is 23.6. The number of hydrogen-bond donors (Lipinski definition) is 1. The van der Waals surface area contributed by atoms with Gasteiger partial charge in [0.2, 0.25) is 0 Å². The molecule has 0 aliphatic carbocycles. The van der Waals surface area contributed by atoms with E-state index in [4.69, 9.17) is 22.5 Å². The van der Waals surface area contributed by atoms with E-state index in [1.54, 1.807) is 0 Å². The van der Waals surface area contributed by atoms with Crippen LogP contribution in [0.1, 0.15) is 33.6 Å². The molecule has 0 saturated carbocycles. The van der Waals surface area contributed by atoms with Gasteiger partial charge in [0.15, 0.2) is 16.6 Å². The van der Waals surface area contributed by atoms with Crippen LogP contribution < -0.4 is 0 Å². The lowest BCUT2D eigenvalue weighted by atomic mass is 10.1. The fourth-order valence-electron chi connectivity index (χ4n) is 4.11. The summed E-state index contributed by atoms with van der Waals surface area (Å²) in [6, 6.07) is 0.798. The highest BCUT2D eigenvalue weighted by molar-refractivity contribution is 7.37. The monoisotopic (exact) mass is 492 g/mol. The number of carbonyl (C=O) groups excluding carboxylic acids is 1. The van der Waals surface area contributed by atoms with Gasteiger partial charge in [0, 0.05) is 12.2 Å². The van der Waals surface area contributed by atoms with Crippen molar-refractivity contribution in [3.63, 3.8) is 0 Å². The van der Waals surface area contributed by atoms with Crippen LogP contribution in [0.25, 0.3) is 0 Å². The molecular formula is C19H40O7Si4. The van der Waals surface area contributed by atoms with E-state index in [2.05, 4.69) is 59.7 Å². The molecule has 0 amide bonds. The van der Waals surface area contributed by atoms with Crippen molar-refractivity contribution in [2.24, 2.45) is 0 Å². The van der Waals surface area contributed by atoms with Crippen LogP contribution in [-0.2, 0) is 27.0 Å². The lowest BCUT2D eigenvalue weighted by Crippen LogP contribution is -2.80. The first-order chi connectivity index (χ1) is 13.3. The molecule has 3 atom stereocenters. The third-order valence-corrected chi connectivity index (χ3v) is 26.3. The molecular weight excluding hydrogens is 453 g/mol. The van der Waals surface area contributed by atoms with Gasteiger partial charge in [-0.25, -0.2) is 9.59 Å². The quantitative estimate of drug-likeness (QED) is 0.288. The average molecular weight is 493 g/mol. The fourth-order valence-corrected chi connectivity index (χ4v) is 34.7. The minimum atomic E-state index is -2.90. The van der Waals surface area contributed by atoms with Crippen LogP contribution in [0, 0.1) is 0 Å². The summed E-state index contributed by atoms with van der Waals surface area (Å²) < 4.78 is 26.5. The smallest absolute Gasteiger partial charge is 0.339 e. The average Bonchev–Trinajstić information content (AvgIpc) is 2.50. The molecule has 0 aromatic heterocycles. The van der Waals surface area contributed by atoms with Crippen LogP contribution in [0.2, 0.25) is 51.9 Å². The maximum atomic E-state index is 12.4. The van der Waals surface area contributed by atoms with E-state index in [9.17, 15) is 9.59 Å². The predicted octanol–water partition coefficient (Wildman–Crippen LogP) is 4.49. The number of carboxylic acids is 1. The molecule has 0 spiro atoms. The second kappa shape index (κ2) is 9.51. The van der Waals surface area contributed by atoms with Gasteiger partial charge in [-0.1, -0.05) is 6.92 Å². The van der Waals surface area contributed by atoms with Gasteiger partial charge in [-0.3, -0.25) is 0 Å². The number of esters is 1. The Kier molecular flexibility index (Phi) is 8.70. The number of ether oxygens (including phenoxy) is 1. The molecule has 1 aliphatic heterocycles. The minimum Gasteiger partial charge on any atom is -0.478 e. The Morgan fingerprint density at radius 1 is 1.10 bits per heavy atom. The van der Waals surface area contributed by atoms with Gasteiger partial charge in [-0.05, 0) is 78.6 Å². The molecule has 174 valence electrons. The summed E-state index contributed by atoms with van der Waals surface area (Å²) in [5.74, 6) is -1.85. The maximum Gasteiger partial charge on any atom is 0.339 e. The van der Waals surface area contributed by atoms with E-state index < -0.39 is 50.2 Å². The molecule has 1 saturated heterocycles. The molecule has 0 radical (unpaired) electrons.